The van der Waals surface area contributed by atoms with E-state index in [9.17, 15) is 4.79 Å². The fraction of sp³-hybridized carbons (Fsp3) is 0.143. The second-order valence-corrected chi connectivity index (χ2v) is 7.53. The van der Waals surface area contributed by atoms with E-state index in [-0.39, 0.29) is 11.7 Å². The monoisotopic (exact) mass is 464 g/mol. The van der Waals surface area contributed by atoms with Crippen LogP contribution in [0.2, 0.25) is 10.0 Å². The average molecular weight is 465 g/mol. The van der Waals surface area contributed by atoms with E-state index in [4.69, 9.17) is 49.7 Å². The van der Waals surface area contributed by atoms with Gasteiger partial charge in [-0.1, -0.05) is 23.2 Å². The molecule has 1 unspecified atom stereocenters. The van der Waals surface area contributed by atoms with Crippen LogP contribution in [0.4, 0.5) is 5.69 Å². The van der Waals surface area contributed by atoms with Crippen LogP contribution in [0.15, 0.2) is 59.0 Å². The standard InChI is InChI=1S/C21H18Cl2N2O4S/c1-12(28-19-8-4-14(22)10-17(19)23)20(27)25-21(30)24-15-5-2-13(3-6-15)18-9-7-16(11-26)29-18/h2-10,12,26H,11H2,1H3,(H2,24,25,27,30). The quantitative estimate of drug-likeness (QED) is 0.443. The molecule has 0 spiro atoms. The SMILES string of the molecule is CC(Oc1ccc(Cl)cc1Cl)C(=O)NC(=S)Nc1ccc(-c2ccc(CO)o2)cc1. The van der Waals surface area contributed by atoms with E-state index in [1.807, 2.05) is 12.1 Å². The summed E-state index contributed by atoms with van der Waals surface area (Å²) in [5.41, 5.74) is 1.53. The number of ether oxygens (including phenoxy) is 1. The summed E-state index contributed by atoms with van der Waals surface area (Å²) >= 11 is 17.1. The Bertz CT molecular complexity index is 1050. The summed E-state index contributed by atoms with van der Waals surface area (Å²) in [6.07, 6.45) is -0.828. The topological polar surface area (TPSA) is 83.7 Å². The second-order valence-electron chi connectivity index (χ2n) is 6.28. The van der Waals surface area contributed by atoms with Crippen molar-refractivity contribution >= 4 is 52.1 Å². The van der Waals surface area contributed by atoms with Gasteiger partial charge in [0.1, 0.15) is 23.9 Å². The highest BCUT2D eigenvalue weighted by atomic mass is 35.5. The Morgan fingerprint density at radius 3 is 2.53 bits per heavy atom. The minimum absolute atomic E-state index is 0.131. The predicted molar refractivity (Wildman–Crippen MR) is 121 cm³/mol. The number of furan rings is 1. The van der Waals surface area contributed by atoms with Crippen LogP contribution in [0.5, 0.6) is 5.75 Å². The molecule has 156 valence electrons. The molecule has 0 aliphatic heterocycles. The molecule has 1 heterocycles. The van der Waals surface area contributed by atoms with E-state index >= 15 is 0 Å². The van der Waals surface area contributed by atoms with Gasteiger partial charge in [0.2, 0.25) is 0 Å². The van der Waals surface area contributed by atoms with Crippen LogP contribution in [0.1, 0.15) is 12.7 Å². The molecule has 9 heteroatoms. The lowest BCUT2D eigenvalue weighted by Gasteiger charge is -2.16. The molecule has 6 nitrogen and oxygen atoms in total. The maximum Gasteiger partial charge on any atom is 0.266 e. The Labute approximate surface area is 188 Å². The molecule has 3 N–H and O–H groups in total. The summed E-state index contributed by atoms with van der Waals surface area (Å²) in [6, 6.07) is 15.5. The minimum Gasteiger partial charge on any atom is -0.479 e. The maximum atomic E-state index is 12.3. The van der Waals surface area contributed by atoms with Crippen molar-refractivity contribution in [1.29, 1.82) is 0 Å². The van der Waals surface area contributed by atoms with E-state index in [0.29, 0.717) is 33.0 Å². The number of carbonyl (C=O) groups excluding carboxylic acids is 1. The van der Waals surface area contributed by atoms with Gasteiger partial charge in [-0.05, 0) is 73.7 Å². The molecule has 0 radical (unpaired) electrons. The fourth-order valence-corrected chi connectivity index (χ4v) is 3.20. The van der Waals surface area contributed by atoms with E-state index in [0.717, 1.165) is 5.56 Å². The number of amides is 1. The summed E-state index contributed by atoms with van der Waals surface area (Å²) in [6.45, 7) is 1.43. The van der Waals surface area contributed by atoms with Crippen molar-refractivity contribution in [3.05, 3.63) is 70.4 Å². The first-order valence-electron chi connectivity index (χ1n) is 8.89. The first-order valence-corrected chi connectivity index (χ1v) is 10.1. The number of nitrogens with one attached hydrogen (secondary N) is 2. The number of hydrogen-bond donors (Lipinski definition) is 3. The molecule has 1 aromatic heterocycles. The van der Waals surface area contributed by atoms with Gasteiger partial charge in [0.15, 0.2) is 11.2 Å². The summed E-state index contributed by atoms with van der Waals surface area (Å²) in [4.78, 5) is 12.3. The van der Waals surface area contributed by atoms with E-state index in [1.165, 1.54) is 6.07 Å². The van der Waals surface area contributed by atoms with E-state index in [1.54, 1.807) is 43.3 Å². The number of halogens is 2. The smallest absolute Gasteiger partial charge is 0.266 e. The number of rotatable bonds is 6. The van der Waals surface area contributed by atoms with Gasteiger partial charge in [-0.25, -0.2) is 0 Å². The van der Waals surface area contributed by atoms with Crippen LogP contribution in [-0.2, 0) is 11.4 Å². The molecule has 1 amide bonds. The molecule has 0 bridgehead atoms. The third-order valence-electron chi connectivity index (χ3n) is 4.05. The molecule has 1 atom stereocenters. The molecule has 0 saturated heterocycles. The summed E-state index contributed by atoms with van der Waals surface area (Å²) in [7, 11) is 0. The molecule has 3 aromatic rings. The Morgan fingerprint density at radius 1 is 1.17 bits per heavy atom. The number of anilines is 1. The van der Waals surface area contributed by atoms with Gasteiger partial charge in [-0.3, -0.25) is 10.1 Å². The van der Waals surface area contributed by atoms with Crippen molar-refractivity contribution < 1.29 is 19.1 Å². The zero-order chi connectivity index (χ0) is 21.7. The highest BCUT2D eigenvalue weighted by Crippen LogP contribution is 2.28. The second kappa shape index (κ2) is 9.95. The lowest BCUT2D eigenvalue weighted by atomic mass is 10.1. The van der Waals surface area contributed by atoms with Gasteiger partial charge in [-0.2, -0.15) is 0 Å². The predicted octanol–water partition coefficient (Wildman–Crippen LogP) is 5.03. The zero-order valence-corrected chi connectivity index (χ0v) is 18.1. The Balaban J connectivity index is 1.54. The van der Waals surface area contributed by atoms with Crippen LogP contribution < -0.4 is 15.4 Å². The Kier molecular flexibility index (Phi) is 7.33. The lowest BCUT2D eigenvalue weighted by molar-refractivity contribution is -0.125. The van der Waals surface area contributed by atoms with Crippen LogP contribution in [-0.4, -0.2) is 22.2 Å². The Morgan fingerprint density at radius 2 is 1.90 bits per heavy atom. The number of aliphatic hydroxyl groups is 1. The van der Waals surface area contributed by atoms with Crippen molar-refractivity contribution in [2.45, 2.75) is 19.6 Å². The molecule has 30 heavy (non-hydrogen) atoms. The number of carbonyl (C=O) groups is 1. The summed E-state index contributed by atoms with van der Waals surface area (Å²) < 4.78 is 11.1. The molecule has 2 aromatic carbocycles. The van der Waals surface area contributed by atoms with Gasteiger partial charge in [0.05, 0.1) is 5.02 Å². The van der Waals surface area contributed by atoms with Crippen molar-refractivity contribution in [3.63, 3.8) is 0 Å². The third-order valence-corrected chi connectivity index (χ3v) is 4.78. The minimum atomic E-state index is -0.828. The summed E-state index contributed by atoms with van der Waals surface area (Å²) in [5.74, 6) is 1.06. The van der Waals surface area contributed by atoms with Crippen molar-refractivity contribution in [2.24, 2.45) is 0 Å². The Hall–Kier alpha value is -2.58. The number of thiocarbonyl (C=S) groups is 1. The van der Waals surface area contributed by atoms with Crippen LogP contribution >= 0.6 is 35.4 Å². The summed E-state index contributed by atoms with van der Waals surface area (Å²) in [5, 5.41) is 15.5. The lowest BCUT2D eigenvalue weighted by Crippen LogP contribution is -2.42. The van der Waals surface area contributed by atoms with Gasteiger partial charge in [0, 0.05) is 16.3 Å². The number of aliphatic hydroxyl groups excluding tert-OH is 1. The number of hydrogen-bond acceptors (Lipinski definition) is 5. The van der Waals surface area contributed by atoms with Gasteiger partial charge in [0.25, 0.3) is 5.91 Å². The van der Waals surface area contributed by atoms with Gasteiger partial charge < -0.3 is 19.6 Å². The third kappa shape index (κ3) is 5.73. The molecule has 0 saturated carbocycles. The molecule has 0 aliphatic carbocycles. The molecule has 0 fully saturated rings. The van der Waals surface area contributed by atoms with Crippen molar-refractivity contribution in [1.82, 2.24) is 5.32 Å². The average Bonchev–Trinajstić information content (AvgIpc) is 3.19. The largest absolute Gasteiger partial charge is 0.479 e. The van der Waals surface area contributed by atoms with Crippen molar-refractivity contribution in [2.75, 3.05) is 5.32 Å². The zero-order valence-electron chi connectivity index (χ0n) is 15.8. The molecular weight excluding hydrogens is 447 g/mol. The number of benzene rings is 2. The van der Waals surface area contributed by atoms with Crippen molar-refractivity contribution in [3.8, 4) is 17.1 Å². The van der Waals surface area contributed by atoms with Crippen LogP contribution in [0.25, 0.3) is 11.3 Å². The van der Waals surface area contributed by atoms with Gasteiger partial charge >= 0.3 is 0 Å². The maximum absolute atomic E-state index is 12.3. The molecule has 3 rings (SSSR count). The van der Waals surface area contributed by atoms with Crippen LogP contribution in [0.3, 0.4) is 0 Å². The van der Waals surface area contributed by atoms with Crippen LogP contribution in [0, 0.1) is 0 Å². The van der Waals surface area contributed by atoms with Gasteiger partial charge in [-0.15, -0.1) is 0 Å². The normalized spacial score (nSPS) is 11.6. The fourth-order valence-electron chi connectivity index (χ4n) is 2.53. The van der Waals surface area contributed by atoms with E-state index in [2.05, 4.69) is 10.6 Å². The first kappa shape index (κ1) is 22.1. The molecular formula is C21H18Cl2N2O4S. The van der Waals surface area contributed by atoms with E-state index < -0.39 is 12.0 Å². The first-order chi connectivity index (χ1) is 14.4. The molecule has 0 aliphatic rings. The highest BCUT2D eigenvalue weighted by molar-refractivity contribution is 7.80. The highest BCUT2D eigenvalue weighted by Gasteiger charge is 2.17.